The number of hydrogen-bond donors (Lipinski definition) is 0. The van der Waals surface area contributed by atoms with Gasteiger partial charge in [0.05, 0.1) is 17.6 Å². The highest BCUT2D eigenvalue weighted by molar-refractivity contribution is 5.99. The highest BCUT2D eigenvalue weighted by Gasteiger charge is 2.25. The molecule has 2 aromatic heterocycles. The van der Waals surface area contributed by atoms with E-state index in [9.17, 15) is 4.79 Å². The third kappa shape index (κ3) is 2.28. The molecule has 2 rings (SSSR count). The van der Waals surface area contributed by atoms with Crippen LogP contribution in [0.25, 0.3) is 5.69 Å². The molecule has 0 fully saturated rings. The van der Waals surface area contributed by atoms with Gasteiger partial charge >= 0.3 is 0 Å². The van der Waals surface area contributed by atoms with Gasteiger partial charge < -0.3 is 4.57 Å². The summed E-state index contributed by atoms with van der Waals surface area (Å²) in [7, 11) is 0. The summed E-state index contributed by atoms with van der Waals surface area (Å²) in [6, 6.07) is 7.53. The van der Waals surface area contributed by atoms with Crippen LogP contribution in [0.3, 0.4) is 0 Å². The van der Waals surface area contributed by atoms with E-state index < -0.39 is 0 Å². The van der Waals surface area contributed by atoms with Crippen LogP contribution < -0.4 is 0 Å². The molecule has 0 saturated heterocycles. The van der Waals surface area contributed by atoms with Crippen LogP contribution in [0.1, 0.15) is 31.3 Å². The van der Waals surface area contributed by atoms with E-state index in [4.69, 9.17) is 0 Å². The van der Waals surface area contributed by atoms with Crippen molar-refractivity contribution in [2.45, 2.75) is 20.8 Å². The number of Topliss-reactive ketones (excluding diaryl/α,β-unsaturated/α-hetero) is 1. The number of ketones is 1. The highest BCUT2D eigenvalue weighted by atomic mass is 16.1. The van der Waals surface area contributed by atoms with Gasteiger partial charge in [0.1, 0.15) is 0 Å². The number of carbonyl (C=O) groups excluding carboxylic acids is 1. The number of hydrogen-bond acceptors (Lipinski definition) is 2. The molecule has 17 heavy (non-hydrogen) atoms. The van der Waals surface area contributed by atoms with Crippen molar-refractivity contribution < 1.29 is 4.79 Å². The van der Waals surface area contributed by atoms with Crippen molar-refractivity contribution in [3.63, 3.8) is 0 Å². The van der Waals surface area contributed by atoms with Crippen LogP contribution in [0.5, 0.6) is 0 Å². The van der Waals surface area contributed by atoms with E-state index in [-0.39, 0.29) is 11.2 Å². The first-order valence-corrected chi connectivity index (χ1v) is 5.63. The van der Waals surface area contributed by atoms with Crippen molar-refractivity contribution in [2.24, 2.45) is 5.41 Å². The minimum absolute atomic E-state index is 0.131. The first-order valence-electron chi connectivity index (χ1n) is 5.63. The summed E-state index contributed by atoms with van der Waals surface area (Å²) in [5.41, 5.74) is 1.23. The monoisotopic (exact) mass is 228 g/mol. The number of pyridine rings is 1. The van der Waals surface area contributed by atoms with E-state index >= 15 is 0 Å². The van der Waals surface area contributed by atoms with E-state index in [1.807, 2.05) is 55.8 Å². The lowest BCUT2D eigenvalue weighted by Gasteiger charge is -2.18. The minimum Gasteiger partial charge on any atom is -0.312 e. The second-order valence-corrected chi connectivity index (χ2v) is 5.05. The van der Waals surface area contributed by atoms with Crippen molar-refractivity contribution in [1.82, 2.24) is 9.55 Å². The van der Waals surface area contributed by atoms with Crippen molar-refractivity contribution in [2.75, 3.05) is 0 Å². The lowest BCUT2D eigenvalue weighted by atomic mass is 9.89. The zero-order valence-corrected chi connectivity index (χ0v) is 10.3. The van der Waals surface area contributed by atoms with Crippen LogP contribution in [-0.4, -0.2) is 15.3 Å². The minimum atomic E-state index is -0.377. The van der Waals surface area contributed by atoms with Crippen LogP contribution >= 0.6 is 0 Å². The molecule has 0 radical (unpaired) electrons. The predicted octanol–water partition coefficient (Wildman–Crippen LogP) is 3.10. The van der Waals surface area contributed by atoms with Gasteiger partial charge in [0, 0.05) is 17.8 Å². The van der Waals surface area contributed by atoms with Crippen molar-refractivity contribution in [1.29, 1.82) is 0 Å². The molecule has 0 aromatic carbocycles. The van der Waals surface area contributed by atoms with Crippen molar-refractivity contribution in [3.05, 3.63) is 48.5 Å². The third-order valence-corrected chi connectivity index (χ3v) is 2.59. The Balaban J connectivity index is 2.46. The molecule has 0 aliphatic rings. The second-order valence-electron chi connectivity index (χ2n) is 5.05. The molecule has 2 aromatic rings. The molecule has 0 aliphatic heterocycles. The summed E-state index contributed by atoms with van der Waals surface area (Å²) >= 11 is 0. The maximum atomic E-state index is 12.3. The Hall–Kier alpha value is -1.90. The summed E-state index contributed by atoms with van der Waals surface area (Å²) in [5, 5.41) is 0. The Morgan fingerprint density at radius 1 is 1.24 bits per heavy atom. The van der Waals surface area contributed by atoms with Gasteiger partial charge in [0.15, 0.2) is 5.78 Å². The number of nitrogens with zero attached hydrogens (tertiary/aromatic N) is 2. The zero-order valence-electron chi connectivity index (χ0n) is 10.3. The molecule has 0 spiro atoms. The normalized spacial score (nSPS) is 11.5. The molecule has 0 saturated carbocycles. The molecule has 0 atom stereocenters. The largest absolute Gasteiger partial charge is 0.312 e. The molecule has 0 bridgehead atoms. The van der Waals surface area contributed by atoms with E-state index in [2.05, 4.69) is 4.98 Å². The van der Waals surface area contributed by atoms with Crippen LogP contribution in [0.2, 0.25) is 0 Å². The lowest BCUT2D eigenvalue weighted by Crippen LogP contribution is -2.22. The summed E-state index contributed by atoms with van der Waals surface area (Å²) in [4.78, 5) is 16.4. The van der Waals surface area contributed by atoms with Crippen LogP contribution in [0.15, 0.2) is 42.9 Å². The molecule has 0 amide bonds. The summed E-state index contributed by atoms with van der Waals surface area (Å²) in [6.45, 7) is 5.78. The van der Waals surface area contributed by atoms with Gasteiger partial charge in [-0.25, -0.2) is 0 Å². The molecular formula is C14H16N2O. The fraction of sp³-hybridized carbons (Fsp3) is 0.286. The fourth-order valence-electron chi connectivity index (χ4n) is 1.67. The smallest absolute Gasteiger partial charge is 0.184 e. The lowest BCUT2D eigenvalue weighted by molar-refractivity contribution is 0.0851. The Labute approximate surface area is 101 Å². The quantitative estimate of drug-likeness (QED) is 0.740. The van der Waals surface area contributed by atoms with Crippen molar-refractivity contribution in [3.8, 4) is 5.69 Å². The van der Waals surface area contributed by atoms with Gasteiger partial charge in [-0.05, 0) is 24.3 Å². The maximum Gasteiger partial charge on any atom is 0.184 e. The molecule has 3 nitrogen and oxygen atoms in total. The molecule has 0 N–H and O–H groups in total. The first kappa shape index (κ1) is 11.6. The maximum absolute atomic E-state index is 12.3. The van der Waals surface area contributed by atoms with Crippen molar-refractivity contribution >= 4 is 5.78 Å². The SMILES string of the molecule is CC(C)(C)C(=O)c1cccn1-c1cccnc1. The van der Waals surface area contributed by atoms with Gasteiger partial charge in [-0.3, -0.25) is 9.78 Å². The number of aromatic nitrogens is 2. The molecule has 0 aliphatic carbocycles. The van der Waals surface area contributed by atoms with Gasteiger partial charge in [0.2, 0.25) is 0 Å². The molecular weight excluding hydrogens is 212 g/mol. The Kier molecular flexibility index (Phi) is 2.84. The van der Waals surface area contributed by atoms with E-state index in [0.717, 1.165) is 5.69 Å². The molecule has 3 heteroatoms. The van der Waals surface area contributed by atoms with E-state index in [1.54, 1.807) is 12.4 Å². The van der Waals surface area contributed by atoms with Gasteiger partial charge in [-0.15, -0.1) is 0 Å². The summed E-state index contributed by atoms with van der Waals surface area (Å²) < 4.78 is 1.88. The van der Waals surface area contributed by atoms with E-state index in [0.29, 0.717) is 5.69 Å². The van der Waals surface area contributed by atoms with Gasteiger partial charge in [0.25, 0.3) is 0 Å². The van der Waals surface area contributed by atoms with Crippen LogP contribution in [0.4, 0.5) is 0 Å². The third-order valence-electron chi connectivity index (χ3n) is 2.59. The second kappa shape index (κ2) is 4.17. The Morgan fingerprint density at radius 3 is 2.59 bits per heavy atom. The fourth-order valence-corrected chi connectivity index (χ4v) is 1.67. The standard InChI is InChI=1S/C14H16N2O/c1-14(2,3)13(17)12-7-5-9-16(12)11-6-4-8-15-10-11/h4-10H,1-3H3. The summed E-state index contributed by atoms with van der Waals surface area (Å²) in [5.74, 6) is 0.131. The zero-order chi connectivity index (χ0) is 12.5. The average molecular weight is 228 g/mol. The molecule has 88 valence electrons. The number of rotatable bonds is 2. The topological polar surface area (TPSA) is 34.9 Å². The van der Waals surface area contributed by atoms with Gasteiger partial charge in [-0.1, -0.05) is 20.8 Å². The van der Waals surface area contributed by atoms with E-state index in [1.165, 1.54) is 0 Å². The number of carbonyl (C=O) groups is 1. The predicted molar refractivity (Wildman–Crippen MR) is 67.3 cm³/mol. The van der Waals surface area contributed by atoms with Gasteiger partial charge in [-0.2, -0.15) is 0 Å². The first-order chi connectivity index (χ1) is 8.00. The highest BCUT2D eigenvalue weighted by Crippen LogP contribution is 2.22. The molecule has 0 unspecified atom stereocenters. The summed E-state index contributed by atoms with van der Waals surface area (Å²) in [6.07, 6.45) is 5.35. The average Bonchev–Trinajstić information content (AvgIpc) is 2.76. The van der Waals surface area contributed by atoms with Crippen LogP contribution in [-0.2, 0) is 0 Å². The molecule has 2 heterocycles. The Morgan fingerprint density at radius 2 is 2.00 bits per heavy atom. The van der Waals surface area contributed by atoms with Crippen LogP contribution in [0, 0.1) is 5.41 Å². The Bertz CT molecular complexity index is 521.